The number of rotatable bonds is 2. The van der Waals surface area contributed by atoms with E-state index >= 15 is 0 Å². The van der Waals surface area contributed by atoms with Crippen molar-refractivity contribution in [3.05, 3.63) is 47.6 Å². The molecule has 1 fully saturated rings. The van der Waals surface area contributed by atoms with Crippen molar-refractivity contribution in [2.75, 3.05) is 13.1 Å². The second-order valence-corrected chi connectivity index (χ2v) is 6.23. The van der Waals surface area contributed by atoms with Crippen LogP contribution in [0.2, 0.25) is 0 Å². The van der Waals surface area contributed by atoms with Crippen LogP contribution in [-0.4, -0.2) is 43.4 Å². The molecule has 24 heavy (non-hydrogen) atoms. The molecule has 0 spiro atoms. The summed E-state index contributed by atoms with van der Waals surface area (Å²) in [4.78, 5) is 23.7. The molecule has 1 unspecified atom stereocenters. The molecule has 7 nitrogen and oxygen atoms in total. The zero-order valence-corrected chi connectivity index (χ0v) is 13.8. The average Bonchev–Trinajstić information content (AvgIpc) is 3.19. The Morgan fingerprint density at radius 2 is 2.17 bits per heavy atom. The zero-order chi connectivity index (χ0) is 16.7. The monoisotopic (exact) mass is 325 g/mol. The third kappa shape index (κ3) is 2.46. The molecule has 124 valence electrons. The molecule has 0 aromatic carbocycles. The quantitative estimate of drug-likeness (QED) is 0.723. The van der Waals surface area contributed by atoms with Crippen molar-refractivity contribution >= 4 is 11.4 Å². The summed E-state index contributed by atoms with van der Waals surface area (Å²) in [5.41, 5.74) is 1.36. The normalized spacial score (nSPS) is 18.2. The maximum absolute atomic E-state index is 13.0. The van der Waals surface area contributed by atoms with Crippen LogP contribution >= 0.6 is 0 Å². The molecule has 0 aliphatic carbocycles. The van der Waals surface area contributed by atoms with Crippen LogP contribution in [0.1, 0.15) is 46.8 Å². The smallest absolute Gasteiger partial charge is 0.274 e. The highest BCUT2D eigenvalue weighted by Gasteiger charge is 2.30. The van der Waals surface area contributed by atoms with E-state index in [0.29, 0.717) is 24.0 Å². The van der Waals surface area contributed by atoms with E-state index in [1.165, 1.54) is 0 Å². The van der Waals surface area contributed by atoms with Gasteiger partial charge in [-0.1, -0.05) is 11.2 Å². The van der Waals surface area contributed by atoms with Gasteiger partial charge < -0.3 is 13.8 Å². The summed E-state index contributed by atoms with van der Waals surface area (Å²) < 4.78 is 7.02. The summed E-state index contributed by atoms with van der Waals surface area (Å²) in [5, 5.41) is 4.02. The van der Waals surface area contributed by atoms with Crippen LogP contribution in [-0.2, 0) is 0 Å². The molecule has 3 aromatic heterocycles. The molecule has 1 amide bonds. The molecule has 4 rings (SSSR count). The van der Waals surface area contributed by atoms with Gasteiger partial charge in [-0.05, 0) is 31.9 Å². The first-order valence-electron chi connectivity index (χ1n) is 8.16. The molecule has 7 heteroatoms. The maximum atomic E-state index is 13.0. The second-order valence-electron chi connectivity index (χ2n) is 6.23. The van der Waals surface area contributed by atoms with Gasteiger partial charge in [-0.2, -0.15) is 4.98 Å². The van der Waals surface area contributed by atoms with Crippen LogP contribution in [0.4, 0.5) is 0 Å². The molecule has 1 atom stereocenters. The van der Waals surface area contributed by atoms with Gasteiger partial charge >= 0.3 is 0 Å². The standard InChI is InChI=1S/C17H19N5O2/c1-11-18-15(14-7-3-4-9-22(11)14)17(23)21-8-5-6-13(10-21)16-19-12(2)24-20-16/h3-4,7,9,13H,5-6,8,10H2,1-2H3. The number of imidazole rings is 1. The van der Waals surface area contributed by atoms with Crippen molar-refractivity contribution < 1.29 is 9.32 Å². The second kappa shape index (κ2) is 5.74. The van der Waals surface area contributed by atoms with Crippen LogP contribution in [0, 0.1) is 13.8 Å². The van der Waals surface area contributed by atoms with Crippen molar-refractivity contribution in [1.29, 1.82) is 0 Å². The van der Waals surface area contributed by atoms with Crippen molar-refractivity contribution in [2.24, 2.45) is 0 Å². The van der Waals surface area contributed by atoms with Gasteiger partial charge in [0.2, 0.25) is 5.89 Å². The molecule has 1 aliphatic heterocycles. The molecule has 0 N–H and O–H groups in total. The van der Waals surface area contributed by atoms with Crippen molar-refractivity contribution in [3.63, 3.8) is 0 Å². The van der Waals surface area contributed by atoms with Crippen molar-refractivity contribution in [3.8, 4) is 0 Å². The van der Waals surface area contributed by atoms with E-state index in [4.69, 9.17) is 4.52 Å². The lowest BCUT2D eigenvalue weighted by atomic mass is 9.97. The summed E-state index contributed by atoms with van der Waals surface area (Å²) in [6.07, 6.45) is 3.82. The first-order chi connectivity index (χ1) is 11.6. The fraction of sp³-hybridized carbons (Fsp3) is 0.412. The molecule has 3 aromatic rings. The number of piperidine rings is 1. The van der Waals surface area contributed by atoms with E-state index in [2.05, 4.69) is 15.1 Å². The Kier molecular flexibility index (Phi) is 3.55. The molecule has 4 heterocycles. The number of fused-ring (bicyclic) bond motifs is 1. The number of carbonyl (C=O) groups excluding carboxylic acids is 1. The highest BCUT2D eigenvalue weighted by Crippen LogP contribution is 2.26. The van der Waals surface area contributed by atoms with Gasteiger partial charge in [0.1, 0.15) is 5.82 Å². The van der Waals surface area contributed by atoms with Crippen LogP contribution in [0.15, 0.2) is 28.9 Å². The Bertz CT molecular complexity index is 897. The van der Waals surface area contributed by atoms with Crippen LogP contribution in [0.5, 0.6) is 0 Å². The third-order valence-corrected chi connectivity index (χ3v) is 4.54. The van der Waals surface area contributed by atoms with Crippen LogP contribution in [0.3, 0.4) is 0 Å². The summed E-state index contributed by atoms with van der Waals surface area (Å²) in [6.45, 7) is 5.02. The fourth-order valence-electron chi connectivity index (χ4n) is 3.35. The number of carbonyl (C=O) groups is 1. The van der Waals surface area contributed by atoms with Gasteiger partial charge in [0.05, 0.1) is 5.52 Å². The minimum atomic E-state index is -0.0308. The molecule has 1 saturated heterocycles. The lowest BCUT2D eigenvalue weighted by Crippen LogP contribution is -2.39. The third-order valence-electron chi connectivity index (χ3n) is 4.54. The summed E-state index contributed by atoms with van der Waals surface area (Å²) in [6, 6.07) is 5.79. The van der Waals surface area contributed by atoms with Gasteiger partial charge in [-0.25, -0.2) is 4.98 Å². The minimum Gasteiger partial charge on any atom is -0.340 e. The number of likely N-dealkylation sites (tertiary alicyclic amines) is 1. The van der Waals surface area contributed by atoms with Gasteiger partial charge in [0.25, 0.3) is 5.91 Å². The van der Waals surface area contributed by atoms with E-state index in [9.17, 15) is 4.79 Å². The molecule has 0 saturated carbocycles. The Balaban J connectivity index is 1.61. The SMILES string of the molecule is Cc1nc(C2CCCN(C(=O)c3nc(C)n4ccccc34)C2)no1. The van der Waals surface area contributed by atoms with Crippen molar-refractivity contribution in [2.45, 2.75) is 32.6 Å². The fourth-order valence-corrected chi connectivity index (χ4v) is 3.35. The van der Waals surface area contributed by atoms with E-state index in [1.54, 1.807) is 6.92 Å². The molecule has 0 bridgehead atoms. The highest BCUT2D eigenvalue weighted by molar-refractivity contribution is 5.99. The summed E-state index contributed by atoms with van der Waals surface area (Å²) in [5.74, 6) is 2.16. The Hall–Kier alpha value is -2.70. The van der Waals surface area contributed by atoms with Gasteiger partial charge in [-0.15, -0.1) is 0 Å². The lowest BCUT2D eigenvalue weighted by Gasteiger charge is -2.30. The first-order valence-corrected chi connectivity index (χ1v) is 8.16. The van der Waals surface area contributed by atoms with Gasteiger partial charge in [-0.3, -0.25) is 4.79 Å². The van der Waals surface area contributed by atoms with Gasteiger partial charge in [0, 0.05) is 32.1 Å². The van der Waals surface area contributed by atoms with E-state index in [1.807, 2.05) is 40.6 Å². The average molecular weight is 325 g/mol. The maximum Gasteiger partial charge on any atom is 0.274 e. The molecule has 1 aliphatic rings. The van der Waals surface area contributed by atoms with Crippen LogP contribution in [0.25, 0.3) is 5.52 Å². The summed E-state index contributed by atoms with van der Waals surface area (Å²) in [7, 11) is 0. The van der Waals surface area contributed by atoms with Gasteiger partial charge in [0.15, 0.2) is 11.5 Å². The zero-order valence-electron chi connectivity index (χ0n) is 13.8. The van der Waals surface area contributed by atoms with Crippen molar-refractivity contribution in [1.82, 2.24) is 24.4 Å². The largest absolute Gasteiger partial charge is 0.340 e. The van der Waals surface area contributed by atoms with Crippen LogP contribution < -0.4 is 0 Å². The number of amides is 1. The lowest BCUT2D eigenvalue weighted by molar-refractivity contribution is 0.0700. The number of aromatic nitrogens is 4. The highest BCUT2D eigenvalue weighted by atomic mass is 16.5. The first kappa shape index (κ1) is 14.9. The number of pyridine rings is 1. The number of hydrogen-bond donors (Lipinski definition) is 0. The molecular weight excluding hydrogens is 306 g/mol. The Morgan fingerprint density at radius 1 is 1.29 bits per heavy atom. The predicted molar refractivity (Wildman–Crippen MR) is 86.8 cm³/mol. The van der Waals surface area contributed by atoms with E-state index in [0.717, 1.165) is 30.7 Å². The number of hydrogen-bond acceptors (Lipinski definition) is 5. The number of nitrogens with zero attached hydrogens (tertiary/aromatic N) is 5. The number of aryl methyl sites for hydroxylation is 2. The predicted octanol–water partition coefficient (Wildman–Crippen LogP) is 2.35. The minimum absolute atomic E-state index is 0.0308. The van der Waals surface area contributed by atoms with E-state index in [-0.39, 0.29) is 11.8 Å². The topological polar surface area (TPSA) is 76.5 Å². The van der Waals surface area contributed by atoms with E-state index < -0.39 is 0 Å². The summed E-state index contributed by atoms with van der Waals surface area (Å²) >= 11 is 0. The Morgan fingerprint density at radius 3 is 2.96 bits per heavy atom. The molecule has 0 radical (unpaired) electrons. The molecular formula is C17H19N5O2. The Labute approximate surface area is 139 Å².